The number of hydrogen-bond donors (Lipinski definition) is 0. The predicted octanol–water partition coefficient (Wildman–Crippen LogP) is 0.135. The molecule has 1 saturated heterocycles. The summed E-state index contributed by atoms with van der Waals surface area (Å²) < 4.78 is 37.6. The number of rotatable bonds is 5. The fourth-order valence-corrected chi connectivity index (χ4v) is 3.28. The maximum absolute atomic E-state index is 12.1. The van der Waals surface area contributed by atoms with Crippen LogP contribution in [0.15, 0.2) is 12.4 Å². The summed E-state index contributed by atoms with van der Waals surface area (Å²) in [5.41, 5.74) is 0. The van der Waals surface area contributed by atoms with Crippen LogP contribution in [0.25, 0.3) is 0 Å². The second-order valence-electron chi connectivity index (χ2n) is 4.93. The number of ether oxygens (including phenoxy) is 2. The van der Waals surface area contributed by atoms with Crippen LogP contribution in [0.5, 0.6) is 11.8 Å². The molecule has 1 unspecified atom stereocenters. The van der Waals surface area contributed by atoms with Crippen molar-refractivity contribution in [3.05, 3.63) is 12.4 Å². The molecule has 0 saturated carbocycles. The molecular weight excluding hydrogens is 296 g/mol. The van der Waals surface area contributed by atoms with Gasteiger partial charge in [0.05, 0.1) is 26.0 Å². The number of methoxy groups -OCH3 is 1. The van der Waals surface area contributed by atoms with Crippen molar-refractivity contribution in [1.29, 1.82) is 0 Å². The molecule has 0 amide bonds. The average Bonchev–Trinajstić information content (AvgIpc) is 2.47. The van der Waals surface area contributed by atoms with Crippen molar-refractivity contribution >= 4 is 10.2 Å². The Labute approximate surface area is 124 Å². The fourth-order valence-electron chi connectivity index (χ4n) is 2.10. The summed E-state index contributed by atoms with van der Waals surface area (Å²) in [6.07, 6.45) is 4.25. The molecule has 0 aromatic carbocycles. The molecule has 1 aromatic rings. The van der Waals surface area contributed by atoms with Crippen LogP contribution in [0.3, 0.4) is 0 Å². The van der Waals surface area contributed by atoms with E-state index in [4.69, 9.17) is 9.47 Å². The van der Waals surface area contributed by atoms with Crippen LogP contribution < -0.4 is 9.47 Å². The molecule has 1 aliphatic heterocycles. The van der Waals surface area contributed by atoms with E-state index in [9.17, 15) is 8.42 Å². The number of nitrogens with zero attached hydrogens (tertiary/aromatic N) is 4. The van der Waals surface area contributed by atoms with Crippen LogP contribution in [-0.4, -0.2) is 67.4 Å². The highest BCUT2D eigenvalue weighted by atomic mass is 32.2. The van der Waals surface area contributed by atoms with Gasteiger partial charge in [-0.05, 0) is 12.8 Å². The summed E-state index contributed by atoms with van der Waals surface area (Å²) in [4.78, 5) is 8.09. The van der Waals surface area contributed by atoms with Gasteiger partial charge >= 0.3 is 0 Å². The lowest BCUT2D eigenvalue weighted by molar-refractivity contribution is 0.121. The van der Waals surface area contributed by atoms with Gasteiger partial charge in [-0.2, -0.15) is 22.0 Å². The van der Waals surface area contributed by atoms with Crippen molar-refractivity contribution in [2.75, 3.05) is 34.3 Å². The zero-order valence-electron chi connectivity index (χ0n) is 12.4. The minimum atomic E-state index is -3.41. The first-order chi connectivity index (χ1) is 9.93. The third-order valence-corrected chi connectivity index (χ3v) is 5.12. The van der Waals surface area contributed by atoms with Gasteiger partial charge in [0.1, 0.15) is 6.10 Å². The van der Waals surface area contributed by atoms with Crippen LogP contribution >= 0.6 is 0 Å². The summed E-state index contributed by atoms with van der Waals surface area (Å²) in [5, 5.41) is 0. The molecule has 21 heavy (non-hydrogen) atoms. The summed E-state index contributed by atoms with van der Waals surface area (Å²) in [5.74, 6) is 0.699. The quantitative estimate of drug-likeness (QED) is 0.768. The Morgan fingerprint density at radius 1 is 1.33 bits per heavy atom. The monoisotopic (exact) mass is 316 g/mol. The van der Waals surface area contributed by atoms with Gasteiger partial charge in [-0.15, -0.1) is 0 Å². The lowest BCUT2D eigenvalue weighted by Crippen LogP contribution is -2.48. The van der Waals surface area contributed by atoms with Gasteiger partial charge in [0.25, 0.3) is 10.2 Å². The lowest BCUT2D eigenvalue weighted by atomic mass is 10.1. The zero-order chi connectivity index (χ0) is 15.5. The van der Waals surface area contributed by atoms with E-state index in [0.29, 0.717) is 24.8 Å². The Morgan fingerprint density at radius 3 is 2.71 bits per heavy atom. The van der Waals surface area contributed by atoms with Crippen LogP contribution in [-0.2, 0) is 10.2 Å². The lowest BCUT2D eigenvalue weighted by Gasteiger charge is -2.33. The van der Waals surface area contributed by atoms with Crippen molar-refractivity contribution in [3.63, 3.8) is 0 Å². The van der Waals surface area contributed by atoms with E-state index in [1.165, 1.54) is 42.2 Å². The number of piperidine rings is 1. The number of hydrogen-bond acceptors (Lipinski definition) is 6. The van der Waals surface area contributed by atoms with Crippen molar-refractivity contribution in [3.8, 4) is 11.8 Å². The van der Waals surface area contributed by atoms with Crippen LogP contribution in [0.2, 0.25) is 0 Å². The third-order valence-electron chi connectivity index (χ3n) is 3.22. The van der Waals surface area contributed by atoms with Gasteiger partial charge in [-0.25, -0.2) is 0 Å². The molecule has 0 radical (unpaired) electrons. The van der Waals surface area contributed by atoms with Crippen molar-refractivity contribution < 1.29 is 17.9 Å². The van der Waals surface area contributed by atoms with Gasteiger partial charge in [0.2, 0.25) is 11.8 Å². The minimum absolute atomic E-state index is 0.241. The molecule has 118 valence electrons. The van der Waals surface area contributed by atoms with Crippen molar-refractivity contribution in [2.45, 2.75) is 18.9 Å². The molecule has 0 spiro atoms. The largest absolute Gasteiger partial charge is 0.480 e. The van der Waals surface area contributed by atoms with E-state index in [2.05, 4.69) is 9.97 Å². The maximum atomic E-state index is 12.1. The molecule has 0 N–H and O–H groups in total. The molecule has 1 atom stereocenters. The van der Waals surface area contributed by atoms with E-state index in [0.717, 1.165) is 12.8 Å². The molecule has 0 bridgehead atoms. The number of aromatic nitrogens is 2. The highest BCUT2D eigenvalue weighted by molar-refractivity contribution is 7.86. The first-order valence-electron chi connectivity index (χ1n) is 6.64. The van der Waals surface area contributed by atoms with E-state index in [-0.39, 0.29) is 6.10 Å². The normalized spacial score (nSPS) is 20.5. The van der Waals surface area contributed by atoms with Gasteiger partial charge in [-0.1, -0.05) is 0 Å². The summed E-state index contributed by atoms with van der Waals surface area (Å²) in [7, 11) is 1.13. The molecule has 1 aromatic heterocycles. The van der Waals surface area contributed by atoms with Gasteiger partial charge in [0, 0.05) is 20.6 Å². The Hall–Kier alpha value is -1.45. The SMILES string of the molecule is COc1cncc(OC2CCCN(S(=O)(=O)N(C)C)C2)n1. The molecule has 2 rings (SSSR count). The second kappa shape index (κ2) is 6.54. The molecular formula is C12H20N4O4S. The van der Waals surface area contributed by atoms with E-state index >= 15 is 0 Å². The minimum Gasteiger partial charge on any atom is -0.480 e. The highest BCUT2D eigenvalue weighted by Crippen LogP contribution is 2.20. The van der Waals surface area contributed by atoms with Gasteiger partial charge in [-0.3, -0.25) is 4.98 Å². The molecule has 1 fully saturated rings. The topological polar surface area (TPSA) is 84.9 Å². The van der Waals surface area contributed by atoms with Crippen LogP contribution in [0.1, 0.15) is 12.8 Å². The summed E-state index contributed by atoms with van der Waals surface area (Å²) in [6.45, 7) is 0.809. The van der Waals surface area contributed by atoms with E-state index in [1.807, 2.05) is 0 Å². The fraction of sp³-hybridized carbons (Fsp3) is 0.667. The summed E-state index contributed by atoms with van der Waals surface area (Å²) in [6, 6.07) is 0. The maximum Gasteiger partial charge on any atom is 0.281 e. The summed E-state index contributed by atoms with van der Waals surface area (Å²) >= 11 is 0. The van der Waals surface area contributed by atoms with Crippen LogP contribution in [0.4, 0.5) is 0 Å². The predicted molar refractivity (Wildman–Crippen MR) is 76.4 cm³/mol. The Balaban J connectivity index is 2.04. The molecule has 0 aliphatic carbocycles. The first-order valence-corrected chi connectivity index (χ1v) is 8.03. The smallest absolute Gasteiger partial charge is 0.281 e. The standard InChI is InChI=1S/C12H20N4O4S/c1-15(2)21(17,18)16-6-4-5-10(9-16)20-12-8-13-7-11(14-12)19-3/h7-8,10H,4-6,9H2,1-3H3. The van der Waals surface area contributed by atoms with E-state index < -0.39 is 10.2 Å². The molecule has 1 aliphatic rings. The second-order valence-corrected chi connectivity index (χ2v) is 7.07. The molecule has 2 heterocycles. The highest BCUT2D eigenvalue weighted by Gasteiger charge is 2.31. The van der Waals surface area contributed by atoms with Gasteiger partial charge in [0.15, 0.2) is 0 Å². The Morgan fingerprint density at radius 2 is 2.05 bits per heavy atom. The molecule has 9 heteroatoms. The first kappa shape index (κ1) is 15.9. The van der Waals surface area contributed by atoms with E-state index in [1.54, 1.807) is 0 Å². The Kier molecular flexibility index (Phi) is 4.96. The van der Waals surface area contributed by atoms with Crippen molar-refractivity contribution in [1.82, 2.24) is 18.6 Å². The van der Waals surface area contributed by atoms with Gasteiger partial charge < -0.3 is 9.47 Å². The average molecular weight is 316 g/mol. The van der Waals surface area contributed by atoms with Crippen LogP contribution in [0, 0.1) is 0 Å². The Bertz CT molecular complexity index is 578. The molecule has 8 nitrogen and oxygen atoms in total. The zero-order valence-corrected chi connectivity index (χ0v) is 13.2. The van der Waals surface area contributed by atoms with Crippen molar-refractivity contribution in [2.24, 2.45) is 0 Å². The third kappa shape index (κ3) is 3.80.